The number of carbonyl (C=O) groups excluding carboxylic acids is 1. The third-order valence-electron chi connectivity index (χ3n) is 2.59. The molecule has 1 amide bonds. The van der Waals surface area contributed by atoms with Crippen LogP contribution in [0.4, 0.5) is 14.9 Å². The van der Waals surface area contributed by atoms with E-state index in [1.54, 1.807) is 12.1 Å². The zero-order valence-electron chi connectivity index (χ0n) is 10.3. The molecule has 1 fully saturated rings. The van der Waals surface area contributed by atoms with Crippen LogP contribution in [0.1, 0.15) is 0 Å². The van der Waals surface area contributed by atoms with E-state index in [4.69, 9.17) is 14.2 Å². The predicted molar refractivity (Wildman–Crippen MR) is 69.5 cm³/mol. The van der Waals surface area contributed by atoms with E-state index in [0.717, 1.165) is 0 Å². The molecule has 0 aromatic heterocycles. The number of hydrogen-bond donors (Lipinski definition) is 0. The summed E-state index contributed by atoms with van der Waals surface area (Å²) in [5, 5.41) is 0. The van der Waals surface area contributed by atoms with Crippen molar-refractivity contribution in [3.63, 3.8) is 0 Å². The number of amides is 1. The number of carbonyl (C=O) groups is 1. The fraction of sp³-hybridized carbons (Fsp3) is 0.417. The third-order valence-corrected chi connectivity index (χ3v) is 3.24. The quantitative estimate of drug-likeness (QED) is 0.613. The van der Waals surface area contributed by atoms with E-state index in [9.17, 15) is 9.18 Å². The molecule has 1 heterocycles. The van der Waals surface area contributed by atoms with E-state index in [1.807, 2.05) is 0 Å². The highest BCUT2D eigenvalue weighted by Crippen LogP contribution is 2.26. The number of ether oxygens (including phenoxy) is 3. The third kappa shape index (κ3) is 3.43. The van der Waals surface area contributed by atoms with Crippen LogP contribution in [0.2, 0.25) is 0 Å². The van der Waals surface area contributed by atoms with Gasteiger partial charge in [-0.1, -0.05) is 0 Å². The predicted octanol–water partition coefficient (Wildman–Crippen LogP) is 2.53. The molecule has 1 unspecified atom stereocenters. The van der Waals surface area contributed by atoms with E-state index < -0.39 is 11.9 Å². The molecule has 19 heavy (non-hydrogen) atoms. The molecule has 1 aromatic rings. The van der Waals surface area contributed by atoms with Crippen LogP contribution in [0.25, 0.3) is 0 Å². The number of hydrogen-bond acceptors (Lipinski definition) is 4. The highest BCUT2D eigenvalue weighted by Gasteiger charge is 2.32. The summed E-state index contributed by atoms with van der Waals surface area (Å²) in [6.07, 6.45) is -0.887. The second kappa shape index (κ2) is 6.31. The molecule has 5 nitrogen and oxygen atoms in total. The molecule has 1 aromatic carbocycles. The molecule has 1 atom stereocenters. The Morgan fingerprint density at radius 1 is 1.58 bits per heavy atom. The van der Waals surface area contributed by atoms with Gasteiger partial charge in [0.05, 0.1) is 23.3 Å². The molecule has 2 rings (SSSR count). The number of methoxy groups -OCH3 is 1. The Hall–Kier alpha value is -1.18. The van der Waals surface area contributed by atoms with E-state index in [0.29, 0.717) is 16.7 Å². The average Bonchev–Trinajstić information content (AvgIpc) is 2.74. The molecule has 0 radical (unpaired) electrons. The van der Waals surface area contributed by atoms with Gasteiger partial charge in [0.2, 0.25) is 0 Å². The monoisotopic (exact) mass is 333 g/mol. The van der Waals surface area contributed by atoms with Crippen molar-refractivity contribution in [1.29, 1.82) is 0 Å². The molecule has 0 N–H and O–H groups in total. The first-order valence-electron chi connectivity index (χ1n) is 5.61. The summed E-state index contributed by atoms with van der Waals surface area (Å²) in [7, 11) is 1.51. The summed E-state index contributed by atoms with van der Waals surface area (Å²) in [4.78, 5) is 13.1. The Labute approximate surface area is 118 Å². The van der Waals surface area contributed by atoms with E-state index in [2.05, 4.69) is 15.9 Å². The average molecular weight is 334 g/mol. The number of nitrogens with zero attached hydrogens (tertiary/aromatic N) is 1. The molecule has 1 aliphatic heterocycles. The van der Waals surface area contributed by atoms with Crippen molar-refractivity contribution in [1.82, 2.24) is 0 Å². The normalized spacial score (nSPS) is 18.8. The van der Waals surface area contributed by atoms with Crippen LogP contribution in [-0.4, -0.2) is 39.3 Å². The van der Waals surface area contributed by atoms with Gasteiger partial charge in [-0.15, -0.1) is 0 Å². The standard InChI is InChI=1S/C12H13BrFNO4/c1-17-7-18-6-9-5-15(12(16)19-9)8-2-3-10(13)11(14)4-8/h2-4,9H,5-7H2,1H3. The van der Waals surface area contributed by atoms with Crippen molar-refractivity contribution < 1.29 is 23.4 Å². The minimum Gasteiger partial charge on any atom is -0.441 e. The highest BCUT2D eigenvalue weighted by molar-refractivity contribution is 9.10. The SMILES string of the molecule is COCOCC1CN(c2ccc(Br)c(F)c2)C(=O)O1. The number of anilines is 1. The van der Waals surface area contributed by atoms with Crippen LogP contribution in [0.5, 0.6) is 0 Å². The van der Waals surface area contributed by atoms with Gasteiger partial charge in [-0.2, -0.15) is 0 Å². The summed E-state index contributed by atoms with van der Waals surface area (Å²) >= 11 is 3.06. The van der Waals surface area contributed by atoms with Crippen LogP contribution >= 0.6 is 15.9 Å². The van der Waals surface area contributed by atoms with Gasteiger partial charge in [-0.05, 0) is 34.1 Å². The smallest absolute Gasteiger partial charge is 0.414 e. The first kappa shape index (κ1) is 14.2. The van der Waals surface area contributed by atoms with Gasteiger partial charge >= 0.3 is 6.09 Å². The summed E-state index contributed by atoms with van der Waals surface area (Å²) in [6, 6.07) is 4.48. The number of benzene rings is 1. The molecule has 7 heteroatoms. The van der Waals surface area contributed by atoms with Gasteiger partial charge in [0, 0.05) is 7.11 Å². The van der Waals surface area contributed by atoms with Gasteiger partial charge in [0.15, 0.2) is 0 Å². The van der Waals surface area contributed by atoms with Gasteiger partial charge in [0.25, 0.3) is 0 Å². The molecule has 0 spiro atoms. The van der Waals surface area contributed by atoms with Gasteiger partial charge in [-0.3, -0.25) is 4.90 Å². The molecule has 0 bridgehead atoms. The first-order chi connectivity index (χ1) is 9.11. The summed E-state index contributed by atoms with van der Waals surface area (Å²) in [6.45, 7) is 0.708. The fourth-order valence-corrected chi connectivity index (χ4v) is 1.98. The van der Waals surface area contributed by atoms with E-state index in [-0.39, 0.29) is 19.5 Å². The van der Waals surface area contributed by atoms with Crippen molar-refractivity contribution in [3.8, 4) is 0 Å². The van der Waals surface area contributed by atoms with Gasteiger partial charge < -0.3 is 14.2 Å². The highest BCUT2D eigenvalue weighted by atomic mass is 79.9. The zero-order valence-corrected chi connectivity index (χ0v) is 11.9. The minimum atomic E-state index is -0.507. The van der Waals surface area contributed by atoms with Crippen molar-refractivity contribution in [2.24, 2.45) is 0 Å². The lowest BCUT2D eigenvalue weighted by Gasteiger charge is -2.13. The van der Waals surface area contributed by atoms with Crippen LogP contribution in [-0.2, 0) is 14.2 Å². The molecule has 104 valence electrons. The molecule has 1 saturated heterocycles. The van der Waals surface area contributed by atoms with Gasteiger partial charge in [0.1, 0.15) is 18.7 Å². The number of halogens is 2. The zero-order chi connectivity index (χ0) is 13.8. The lowest BCUT2D eigenvalue weighted by Crippen LogP contribution is -2.26. The van der Waals surface area contributed by atoms with Crippen molar-refractivity contribution in [2.75, 3.05) is 32.0 Å². The van der Waals surface area contributed by atoms with Crippen LogP contribution in [0.15, 0.2) is 22.7 Å². The Morgan fingerprint density at radius 3 is 3.05 bits per heavy atom. The maximum absolute atomic E-state index is 13.4. The second-order valence-corrected chi connectivity index (χ2v) is 4.85. The Morgan fingerprint density at radius 2 is 2.37 bits per heavy atom. The van der Waals surface area contributed by atoms with Crippen LogP contribution in [0, 0.1) is 5.82 Å². The van der Waals surface area contributed by atoms with Crippen molar-refractivity contribution >= 4 is 27.7 Å². The Balaban J connectivity index is 2.01. The van der Waals surface area contributed by atoms with Gasteiger partial charge in [-0.25, -0.2) is 9.18 Å². The van der Waals surface area contributed by atoms with E-state index >= 15 is 0 Å². The second-order valence-electron chi connectivity index (χ2n) is 3.99. The van der Waals surface area contributed by atoms with E-state index in [1.165, 1.54) is 18.1 Å². The Bertz CT molecular complexity index is 471. The summed E-state index contributed by atoms with van der Waals surface area (Å²) in [5.74, 6) is -0.426. The minimum absolute atomic E-state index is 0.140. The summed E-state index contributed by atoms with van der Waals surface area (Å²) < 4.78 is 28.8. The summed E-state index contributed by atoms with van der Waals surface area (Å²) in [5.41, 5.74) is 0.458. The molecule has 0 aliphatic carbocycles. The number of rotatable bonds is 5. The lowest BCUT2D eigenvalue weighted by molar-refractivity contribution is -0.0555. The van der Waals surface area contributed by atoms with Crippen molar-refractivity contribution in [2.45, 2.75) is 6.10 Å². The van der Waals surface area contributed by atoms with Crippen molar-refractivity contribution in [3.05, 3.63) is 28.5 Å². The largest absolute Gasteiger partial charge is 0.441 e. The fourth-order valence-electron chi connectivity index (χ4n) is 1.74. The number of cyclic esters (lactones) is 1. The first-order valence-corrected chi connectivity index (χ1v) is 6.41. The van der Waals surface area contributed by atoms with Crippen LogP contribution in [0.3, 0.4) is 0 Å². The topological polar surface area (TPSA) is 48.0 Å². The lowest BCUT2D eigenvalue weighted by atomic mass is 10.2. The Kier molecular flexibility index (Phi) is 4.73. The molecule has 0 saturated carbocycles. The molecule has 1 aliphatic rings. The maximum atomic E-state index is 13.4. The van der Waals surface area contributed by atoms with Crippen LogP contribution < -0.4 is 4.90 Å². The molecular weight excluding hydrogens is 321 g/mol. The molecular formula is C12H13BrFNO4. The maximum Gasteiger partial charge on any atom is 0.414 e.